The number of hydrogen-bond donors (Lipinski definition) is 1. The third kappa shape index (κ3) is 4.53. The van der Waals surface area contributed by atoms with Gasteiger partial charge in [0, 0.05) is 12.6 Å². The lowest BCUT2D eigenvalue weighted by molar-refractivity contribution is 0.542. The summed E-state index contributed by atoms with van der Waals surface area (Å²) in [6.45, 7) is 6.98. The van der Waals surface area contributed by atoms with Gasteiger partial charge in [-0.2, -0.15) is 5.10 Å². The lowest BCUT2D eigenvalue weighted by Crippen LogP contribution is -2.26. The molecule has 0 saturated carbocycles. The maximum atomic E-state index is 12.1. The summed E-state index contributed by atoms with van der Waals surface area (Å²) in [5.41, 5.74) is 0.450. The minimum atomic E-state index is -0.202. The van der Waals surface area contributed by atoms with Crippen LogP contribution in [0.3, 0.4) is 0 Å². The first-order chi connectivity index (χ1) is 9.13. The highest BCUT2D eigenvalue weighted by molar-refractivity contribution is 6.32. The van der Waals surface area contributed by atoms with Crippen LogP contribution in [0.5, 0.6) is 0 Å². The average Bonchev–Trinajstić information content (AvgIpc) is 2.42. The highest BCUT2D eigenvalue weighted by Gasteiger charge is 2.12. The van der Waals surface area contributed by atoms with Crippen molar-refractivity contribution in [3.05, 3.63) is 21.6 Å². The normalized spacial score (nSPS) is 12.4. The fraction of sp³-hybridized carbons (Fsp3) is 0.714. The molecule has 0 fully saturated rings. The average molecular weight is 286 g/mol. The SMILES string of the molecule is CCCCn1ncc(NC(CC)CCC)c(Cl)c1=O. The van der Waals surface area contributed by atoms with Crippen molar-refractivity contribution >= 4 is 17.3 Å². The second-order valence-electron chi connectivity index (χ2n) is 4.79. The summed E-state index contributed by atoms with van der Waals surface area (Å²) in [7, 11) is 0. The zero-order valence-electron chi connectivity index (χ0n) is 12.1. The predicted molar refractivity (Wildman–Crippen MR) is 81.0 cm³/mol. The molecule has 0 amide bonds. The first-order valence-corrected chi connectivity index (χ1v) is 7.53. The quantitative estimate of drug-likeness (QED) is 0.792. The number of rotatable bonds is 8. The molecule has 19 heavy (non-hydrogen) atoms. The van der Waals surface area contributed by atoms with Crippen molar-refractivity contribution in [1.29, 1.82) is 0 Å². The van der Waals surface area contributed by atoms with Crippen LogP contribution < -0.4 is 10.9 Å². The van der Waals surface area contributed by atoms with E-state index in [1.807, 2.05) is 0 Å². The molecule has 4 nitrogen and oxygen atoms in total. The molecule has 0 saturated heterocycles. The Morgan fingerprint density at radius 1 is 1.37 bits per heavy atom. The molecule has 5 heteroatoms. The van der Waals surface area contributed by atoms with Gasteiger partial charge in [-0.1, -0.05) is 45.2 Å². The minimum Gasteiger partial charge on any atom is -0.380 e. The van der Waals surface area contributed by atoms with Crippen molar-refractivity contribution in [2.24, 2.45) is 0 Å². The number of nitrogens with one attached hydrogen (secondary N) is 1. The van der Waals surface area contributed by atoms with E-state index in [9.17, 15) is 4.79 Å². The molecule has 0 bridgehead atoms. The van der Waals surface area contributed by atoms with Crippen molar-refractivity contribution in [2.45, 2.75) is 65.5 Å². The first kappa shape index (κ1) is 16.0. The minimum absolute atomic E-state index is 0.202. The molecule has 0 aromatic carbocycles. The molecule has 108 valence electrons. The Hall–Kier alpha value is -1.03. The number of aromatic nitrogens is 2. The standard InChI is InChI=1S/C14H24ClN3O/c1-4-7-9-18-14(19)13(15)12(10-16-18)17-11(6-3)8-5-2/h10-11,17H,4-9H2,1-3H3. The Labute approximate surface area is 120 Å². The molecule has 0 aliphatic carbocycles. The van der Waals surface area contributed by atoms with Crippen molar-refractivity contribution in [1.82, 2.24) is 9.78 Å². The lowest BCUT2D eigenvalue weighted by Gasteiger charge is -2.18. The van der Waals surface area contributed by atoms with Gasteiger partial charge in [-0.25, -0.2) is 4.68 Å². The Kier molecular flexibility index (Phi) is 6.92. The van der Waals surface area contributed by atoms with Gasteiger partial charge in [-0.3, -0.25) is 4.79 Å². The van der Waals surface area contributed by atoms with E-state index in [0.717, 1.165) is 32.1 Å². The van der Waals surface area contributed by atoms with Crippen LogP contribution in [0.1, 0.15) is 52.9 Å². The summed E-state index contributed by atoms with van der Waals surface area (Å²) in [4.78, 5) is 12.1. The summed E-state index contributed by atoms with van der Waals surface area (Å²) in [6.07, 6.45) is 6.79. The fourth-order valence-corrected chi connectivity index (χ4v) is 2.18. The van der Waals surface area contributed by atoms with Gasteiger partial charge < -0.3 is 5.32 Å². The Balaban J connectivity index is 2.86. The topological polar surface area (TPSA) is 46.9 Å². The van der Waals surface area contributed by atoms with E-state index in [-0.39, 0.29) is 10.6 Å². The van der Waals surface area contributed by atoms with Crippen LogP contribution in [0.15, 0.2) is 11.0 Å². The molecule has 1 aromatic rings. The van der Waals surface area contributed by atoms with Gasteiger partial charge in [0.05, 0.1) is 11.9 Å². The Morgan fingerprint density at radius 3 is 2.68 bits per heavy atom. The largest absolute Gasteiger partial charge is 0.380 e. The van der Waals surface area contributed by atoms with E-state index < -0.39 is 0 Å². The first-order valence-electron chi connectivity index (χ1n) is 7.16. The second-order valence-corrected chi connectivity index (χ2v) is 5.17. The van der Waals surface area contributed by atoms with Gasteiger partial charge in [-0.05, 0) is 19.3 Å². The van der Waals surface area contributed by atoms with Crippen LogP contribution in [-0.2, 0) is 6.54 Å². The maximum absolute atomic E-state index is 12.1. The molecule has 1 unspecified atom stereocenters. The zero-order valence-corrected chi connectivity index (χ0v) is 12.8. The van der Waals surface area contributed by atoms with Crippen molar-refractivity contribution < 1.29 is 0 Å². The summed E-state index contributed by atoms with van der Waals surface area (Å²) in [5, 5.41) is 7.75. The van der Waals surface area contributed by atoms with E-state index in [4.69, 9.17) is 11.6 Å². The molecule has 1 aromatic heterocycles. The van der Waals surface area contributed by atoms with Gasteiger partial charge in [0.2, 0.25) is 0 Å². The number of nitrogens with zero attached hydrogens (tertiary/aromatic N) is 2. The van der Waals surface area contributed by atoms with E-state index in [1.165, 1.54) is 4.68 Å². The second kappa shape index (κ2) is 8.20. The number of hydrogen-bond acceptors (Lipinski definition) is 3. The number of aryl methyl sites for hydroxylation is 1. The van der Waals surface area contributed by atoms with Crippen molar-refractivity contribution in [2.75, 3.05) is 5.32 Å². The van der Waals surface area contributed by atoms with E-state index in [2.05, 4.69) is 31.2 Å². The van der Waals surface area contributed by atoms with Crippen LogP contribution >= 0.6 is 11.6 Å². The van der Waals surface area contributed by atoms with Crippen LogP contribution in [-0.4, -0.2) is 15.8 Å². The molecule has 0 aliphatic heterocycles. The van der Waals surface area contributed by atoms with Crippen molar-refractivity contribution in [3.63, 3.8) is 0 Å². The van der Waals surface area contributed by atoms with E-state index in [1.54, 1.807) is 6.20 Å². The van der Waals surface area contributed by atoms with E-state index >= 15 is 0 Å². The molecule has 1 atom stereocenters. The summed E-state index contributed by atoms with van der Waals surface area (Å²) in [6, 6.07) is 0.343. The third-order valence-electron chi connectivity index (χ3n) is 3.20. The molecular weight excluding hydrogens is 262 g/mol. The van der Waals surface area contributed by atoms with Gasteiger partial charge >= 0.3 is 0 Å². The van der Waals surface area contributed by atoms with E-state index in [0.29, 0.717) is 18.3 Å². The molecule has 1 N–H and O–H groups in total. The molecule has 0 spiro atoms. The summed E-state index contributed by atoms with van der Waals surface area (Å²) < 4.78 is 1.44. The lowest BCUT2D eigenvalue weighted by atomic mass is 10.1. The fourth-order valence-electron chi connectivity index (χ4n) is 1.98. The molecule has 1 heterocycles. The van der Waals surface area contributed by atoms with Gasteiger partial charge in [0.15, 0.2) is 0 Å². The third-order valence-corrected chi connectivity index (χ3v) is 3.56. The highest BCUT2D eigenvalue weighted by Crippen LogP contribution is 2.18. The molecular formula is C14H24ClN3O. The number of unbranched alkanes of at least 4 members (excludes halogenated alkanes) is 1. The van der Waals surface area contributed by atoms with Crippen LogP contribution in [0.2, 0.25) is 5.02 Å². The van der Waals surface area contributed by atoms with Gasteiger partial charge in [0.25, 0.3) is 5.56 Å². The predicted octanol–water partition coefficient (Wildman–Crippen LogP) is 3.69. The van der Waals surface area contributed by atoms with Crippen LogP contribution in [0, 0.1) is 0 Å². The summed E-state index contributed by atoms with van der Waals surface area (Å²) >= 11 is 6.14. The monoisotopic (exact) mass is 285 g/mol. The van der Waals surface area contributed by atoms with Gasteiger partial charge in [-0.15, -0.1) is 0 Å². The molecule has 0 radical (unpaired) electrons. The van der Waals surface area contributed by atoms with Crippen molar-refractivity contribution in [3.8, 4) is 0 Å². The Bertz CT molecular complexity index is 445. The Morgan fingerprint density at radius 2 is 2.11 bits per heavy atom. The maximum Gasteiger partial charge on any atom is 0.287 e. The summed E-state index contributed by atoms with van der Waals surface area (Å²) in [5.74, 6) is 0. The zero-order chi connectivity index (χ0) is 14.3. The number of anilines is 1. The van der Waals surface area contributed by atoms with Crippen LogP contribution in [0.25, 0.3) is 0 Å². The van der Waals surface area contributed by atoms with Crippen LogP contribution in [0.4, 0.5) is 5.69 Å². The molecule has 1 rings (SSSR count). The van der Waals surface area contributed by atoms with Gasteiger partial charge in [0.1, 0.15) is 5.02 Å². The smallest absolute Gasteiger partial charge is 0.287 e. The molecule has 0 aliphatic rings. The highest BCUT2D eigenvalue weighted by atomic mass is 35.5. The number of halogens is 1.